The van der Waals surface area contributed by atoms with Crippen LogP contribution >= 0.6 is 23.2 Å². The van der Waals surface area contributed by atoms with E-state index in [1.807, 2.05) is 0 Å². The molecular formula is C24H27Cl2N5O4. The Kier molecular flexibility index (Phi) is 6.17. The highest BCUT2D eigenvalue weighted by Gasteiger charge is 2.52. The van der Waals surface area contributed by atoms with Crippen LogP contribution in [0.1, 0.15) is 49.0 Å². The van der Waals surface area contributed by atoms with E-state index in [-0.39, 0.29) is 29.6 Å². The van der Waals surface area contributed by atoms with E-state index in [1.54, 1.807) is 23.1 Å². The van der Waals surface area contributed by atoms with Crippen molar-refractivity contribution in [2.24, 2.45) is 17.1 Å². The van der Waals surface area contributed by atoms with E-state index >= 15 is 0 Å². The lowest BCUT2D eigenvalue weighted by atomic mass is 9.67. The van der Waals surface area contributed by atoms with Crippen LogP contribution in [-0.2, 0) is 14.4 Å². The number of nitrogens with zero attached hydrogens (tertiary/aromatic N) is 1. The Morgan fingerprint density at radius 3 is 2.66 bits per heavy atom. The zero-order valence-corrected chi connectivity index (χ0v) is 20.5. The van der Waals surface area contributed by atoms with E-state index in [0.717, 1.165) is 24.6 Å². The minimum atomic E-state index is -0.986. The summed E-state index contributed by atoms with van der Waals surface area (Å²) in [5.74, 6) is -1.97. The summed E-state index contributed by atoms with van der Waals surface area (Å²) in [4.78, 5) is 55.7. The van der Waals surface area contributed by atoms with Crippen LogP contribution in [0.15, 0.2) is 18.2 Å². The fraction of sp³-hybridized carbons (Fsp3) is 0.500. The molecule has 3 aliphatic rings. The monoisotopic (exact) mass is 519 g/mol. The summed E-state index contributed by atoms with van der Waals surface area (Å²) in [7, 11) is 0. The highest BCUT2D eigenvalue weighted by Crippen LogP contribution is 2.50. The molecule has 2 aliphatic heterocycles. The number of hydrogen-bond donors (Lipinski definition) is 4. The SMILES string of the molecule is NC(=O)[C@H](C[C@@H]1CCNC1=O)NC(=O)C1CC2(CCC2)CN1C(=O)c1cc2ccc(Cl)c(Cl)c2[nH]1. The quantitative estimate of drug-likeness (QED) is 0.465. The number of primary amides is 1. The summed E-state index contributed by atoms with van der Waals surface area (Å²) in [6.07, 6.45) is 4.18. The van der Waals surface area contributed by atoms with Gasteiger partial charge in [0.2, 0.25) is 17.7 Å². The third-order valence-corrected chi connectivity index (χ3v) is 8.55. The zero-order chi connectivity index (χ0) is 24.9. The number of H-pyrrole nitrogens is 1. The van der Waals surface area contributed by atoms with Gasteiger partial charge in [0, 0.05) is 24.4 Å². The van der Waals surface area contributed by atoms with E-state index < -0.39 is 23.9 Å². The largest absolute Gasteiger partial charge is 0.368 e. The Hall–Kier alpha value is -2.78. The van der Waals surface area contributed by atoms with Crippen LogP contribution in [0.3, 0.4) is 0 Å². The number of nitrogens with one attached hydrogen (secondary N) is 3. The zero-order valence-electron chi connectivity index (χ0n) is 19.0. The molecule has 2 aromatic rings. The van der Waals surface area contributed by atoms with E-state index in [4.69, 9.17) is 28.9 Å². The minimum absolute atomic E-state index is 0.0990. The Balaban J connectivity index is 1.38. The lowest BCUT2D eigenvalue weighted by molar-refractivity contribution is -0.131. The standard InChI is InChI=1S/C24H27Cl2N5O4/c25-14-3-2-12-8-16(29-19(12)18(14)26)23(35)31-11-24(5-1-6-24)10-17(31)22(34)30-15(20(27)32)9-13-4-7-28-21(13)33/h2-3,8,13,15,17,29H,1,4-7,9-11H2,(H2,27,32)(H,28,33)(H,30,34)/t13-,15-,17?/m0/s1. The van der Waals surface area contributed by atoms with Crippen molar-refractivity contribution in [2.75, 3.05) is 13.1 Å². The Morgan fingerprint density at radius 2 is 2.03 bits per heavy atom. The summed E-state index contributed by atoms with van der Waals surface area (Å²) >= 11 is 12.4. The third kappa shape index (κ3) is 4.36. The van der Waals surface area contributed by atoms with Crippen LogP contribution < -0.4 is 16.4 Å². The maximum atomic E-state index is 13.6. The van der Waals surface area contributed by atoms with Gasteiger partial charge in [0.05, 0.1) is 15.6 Å². The molecule has 2 saturated heterocycles. The molecule has 5 rings (SSSR count). The second kappa shape index (κ2) is 9.02. The summed E-state index contributed by atoms with van der Waals surface area (Å²) < 4.78 is 0. The molecule has 3 heterocycles. The smallest absolute Gasteiger partial charge is 0.271 e. The second-order valence-corrected chi connectivity index (χ2v) is 10.8. The van der Waals surface area contributed by atoms with E-state index in [1.165, 1.54) is 0 Å². The van der Waals surface area contributed by atoms with Gasteiger partial charge in [-0.1, -0.05) is 35.7 Å². The summed E-state index contributed by atoms with van der Waals surface area (Å²) in [5, 5.41) is 6.91. The molecule has 0 radical (unpaired) electrons. The number of amides is 4. The van der Waals surface area contributed by atoms with E-state index in [9.17, 15) is 19.2 Å². The van der Waals surface area contributed by atoms with Crippen LogP contribution in [0.4, 0.5) is 0 Å². The van der Waals surface area contributed by atoms with Crippen LogP contribution in [0.25, 0.3) is 10.9 Å². The van der Waals surface area contributed by atoms with Gasteiger partial charge in [-0.15, -0.1) is 0 Å². The summed E-state index contributed by atoms with van der Waals surface area (Å²) in [6.45, 7) is 0.996. The van der Waals surface area contributed by atoms with Gasteiger partial charge in [0.25, 0.3) is 5.91 Å². The van der Waals surface area contributed by atoms with Gasteiger partial charge in [-0.05, 0) is 49.7 Å². The van der Waals surface area contributed by atoms with E-state index in [2.05, 4.69) is 15.6 Å². The van der Waals surface area contributed by atoms with Crippen molar-refractivity contribution in [3.8, 4) is 0 Å². The lowest BCUT2D eigenvalue weighted by Gasteiger charge is -2.37. The number of halogens is 2. The molecule has 11 heteroatoms. The average molecular weight is 520 g/mol. The Labute approximate surface area is 212 Å². The molecule has 186 valence electrons. The summed E-state index contributed by atoms with van der Waals surface area (Å²) in [5.41, 5.74) is 6.33. The molecule has 1 spiro atoms. The fourth-order valence-electron chi connectivity index (χ4n) is 5.62. The Bertz CT molecular complexity index is 1220. The molecule has 1 saturated carbocycles. The Morgan fingerprint density at radius 1 is 1.26 bits per heavy atom. The van der Waals surface area contributed by atoms with Gasteiger partial charge in [-0.3, -0.25) is 19.2 Å². The number of benzene rings is 1. The topological polar surface area (TPSA) is 137 Å². The lowest BCUT2D eigenvalue weighted by Crippen LogP contribution is -2.53. The number of fused-ring (bicyclic) bond motifs is 1. The molecule has 4 amide bonds. The predicted molar refractivity (Wildman–Crippen MR) is 131 cm³/mol. The number of carbonyl (C=O) groups is 4. The molecule has 3 fully saturated rings. The molecular weight excluding hydrogens is 493 g/mol. The number of aromatic nitrogens is 1. The highest BCUT2D eigenvalue weighted by molar-refractivity contribution is 6.45. The highest BCUT2D eigenvalue weighted by atomic mass is 35.5. The second-order valence-electron chi connectivity index (χ2n) is 9.99. The number of aromatic amines is 1. The number of carbonyl (C=O) groups excluding carboxylic acids is 4. The van der Waals surface area contributed by atoms with Crippen molar-refractivity contribution in [1.82, 2.24) is 20.5 Å². The van der Waals surface area contributed by atoms with Crippen molar-refractivity contribution in [3.63, 3.8) is 0 Å². The van der Waals surface area contributed by atoms with Crippen LogP contribution in [0, 0.1) is 11.3 Å². The molecule has 0 bridgehead atoms. The maximum absolute atomic E-state index is 13.6. The molecule has 5 N–H and O–H groups in total. The predicted octanol–water partition coefficient (Wildman–Crippen LogP) is 2.36. The molecule has 1 unspecified atom stereocenters. The summed E-state index contributed by atoms with van der Waals surface area (Å²) in [6, 6.07) is 3.41. The van der Waals surface area contributed by atoms with Gasteiger partial charge < -0.3 is 26.3 Å². The van der Waals surface area contributed by atoms with Crippen molar-refractivity contribution < 1.29 is 19.2 Å². The van der Waals surface area contributed by atoms with Gasteiger partial charge in [0.15, 0.2) is 0 Å². The first-order valence-electron chi connectivity index (χ1n) is 11.8. The fourth-order valence-corrected chi connectivity index (χ4v) is 6.00. The first-order chi connectivity index (χ1) is 16.7. The number of likely N-dealkylation sites (tertiary alicyclic amines) is 1. The maximum Gasteiger partial charge on any atom is 0.271 e. The van der Waals surface area contributed by atoms with Crippen LogP contribution in [0.2, 0.25) is 10.0 Å². The van der Waals surface area contributed by atoms with Crippen LogP contribution in [0.5, 0.6) is 0 Å². The number of hydrogen-bond acceptors (Lipinski definition) is 4. The van der Waals surface area contributed by atoms with Gasteiger partial charge >= 0.3 is 0 Å². The molecule has 9 nitrogen and oxygen atoms in total. The number of rotatable bonds is 6. The van der Waals surface area contributed by atoms with Gasteiger partial charge in [-0.2, -0.15) is 0 Å². The van der Waals surface area contributed by atoms with Crippen molar-refractivity contribution in [1.29, 1.82) is 0 Å². The molecule has 3 atom stereocenters. The molecule has 35 heavy (non-hydrogen) atoms. The average Bonchev–Trinajstić information content (AvgIpc) is 3.52. The van der Waals surface area contributed by atoms with Gasteiger partial charge in [0.1, 0.15) is 17.8 Å². The third-order valence-electron chi connectivity index (χ3n) is 7.75. The molecule has 1 aromatic carbocycles. The first-order valence-corrected chi connectivity index (χ1v) is 12.6. The number of nitrogens with two attached hydrogens (primary N) is 1. The van der Waals surface area contributed by atoms with Crippen molar-refractivity contribution in [3.05, 3.63) is 33.9 Å². The van der Waals surface area contributed by atoms with Crippen molar-refractivity contribution in [2.45, 2.75) is 50.6 Å². The normalized spacial score (nSPS) is 23.8. The molecule has 1 aliphatic carbocycles. The van der Waals surface area contributed by atoms with Crippen molar-refractivity contribution >= 4 is 57.7 Å². The molecule has 1 aromatic heterocycles. The minimum Gasteiger partial charge on any atom is -0.368 e. The van der Waals surface area contributed by atoms with E-state index in [0.29, 0.717) is 47.2 Å². The van der Waals surface area contributed by atoms with Crippen LogP contribution in [-0.4, -0.2) is 58.7 Å². The first kappa shape index (κ1) is 23.9. The van der Waals surface area contributed by atoms with Gasteiger partial charge in [-0.25, -0.2) is 0 Å².